The highest BCUT2D eigenvalue weighted by Gasteiger charge is 2.16. The first-order valence-corrected chi connectivity index (χ1v) is 6.35. The standard InChI is InChI=1S/C13H25N5/c1-10(2)11-12(14-3)15-9-16-13(11)18(6)8-7-17(4)5/h9-10H,7-8H2,1-6H3,(H,14,15,16). The molecule has 0 aliphatic carbocycles. The molecule has 1 aromatic rings. The lowest BCUT2D eigenvalue weighted by atomic mass is 10.0. The van der Waals surface area contributed by atoms with E-state index in [9.17, 15) is 0 Å². The molecule has 0 saturated heterocycles. The van der Waals surface area contributed by atoms with Gasteiger partial charge in [0.25, 0.3) is 0 Å². The predicted octanol–water partition coefficient (Wildman–Crippen LogP) is 1.64. The van der Waals surface area contributed by atoms with E-state index in [1.807, 2.05) is 7.05 Å². The molecular weight excluding hydrogens is 226 g/mol. The van der Waals surface area contributed by atoms with Crippen LogP contribution < -0.4 is 10.2 Å². The molecule has 0 radical (unpaired) electrons. The van der Waals surface area contributed by atoms with Crippen molar-refractivity contribution in [3.63, 3.8) is 0 Å². The summed E-state index contributed by atoms with van der Waals surface area (Å²) in [6, 6.07) is 0. The summed E-state index contributed by atoms with van der Waals surface area (Å²) in [4.78, 5) is 13.1. The minimum Gasteiger partial charge on any atom is -0.373 e. The zero-order chi connectivity index (χ0) is 13.7. The average molecular weight is 251 g/mol. The van der Waals surface area contributed by atoms with Gasteiger partial charge in [-0.15, -0.1) is 0 Å². The van der Waals surface area contributed by atoms with Gasteiger partial charge in [-0.2, -0.15) is 0 Å². The van der Waals surface area contributed by atoms with Crippen LogP contribution in [0.25, 0.3) is 0 Å². The number of hydrogen-bond acceptors (Lipinski definition) is 5. The smallest absolute Gasteiger partial charge is 0.137 e. The molecule has 102 valence electrons. The summed E-state index contributed by atoms with van der Waals surface area (Å²) in [6.45, 7) is 6.30. The fourth-order valence-corrected chi connectivity index (χ4v) is 1.88. The Balaban J connectivity index is 2.99. The minimum atomic E-state index is 0.394. The topological polar surface area (TPSA) is 44.3 Å². The number of nitrogens with one attached hydrogen (secondary N) is 1. The molecule has 1 heterocycles. The van der Waals surface area contributed by atoms with E-state index in [4.69, 9.17) is 0 Å². The maximum atomic E-state index is 4.44. The van der Waals surface area contributed by atoms with E-state index < -0.39 is 0 Å². The molecule has 0 spiro atoms. The van der Waals surface area contributed by atoms with Gasteiger partial charge in [0.05, 0.1) is 0 Å². The fourth-order valence-electron chi connectivity index (χ4n) is 1.88. The quantitative estimate of drug-likeness (QED) is 0.832. The Hall–Kier alpha value is -1.36. The molecule has 1 N–H and O–H groups in total. The average Bonchev–Trinajstić information content (AvgIpc) is 2.34. The van der Waals surface area contributed by atoms with Crippen molar-refractivity contribution in [2.45, 2.75) is 19.8 Å². The molecule has 0 saturated carbocycles. The van der Waals surface area contributed by atoms with E-state index in [0.717, 1.165) is 24.7 Å². The maximum Gasteiger partial charge on any atom is 0.137 e. The predicted molar refractivity (Wildman–Crippen MR) is 77.5 cm³/mol. The monoisotopic (exact) mass is 251 g/mol. The van der Waals surface area contributed by atoms with Crippen LogP contribution in [0.3, 0.4) is 0 Å². The summed E-state index contributed by atoms with van der Waals surface area (Å²) < 4.78 is 0. The van der Waals surface area contributed by atoms with Crippen LogP contribution in [0.1, 0.15) is 25.3 Å². The van der Waals surface area contributed by atoms with Crippen LogP contribution in [-0.4, -0.2) is 56.1 Å². The van der Waals surface area contributed by atoms with Gasteiger partial charge in [0.1, 0.15) is 18.0 Å². The van der Waals surface area contributed by atoms with Crippen LogP contribution in [0.4, 0.5) is 11.6 Å². The molecule has 0 aromatic carbocycles. The molecule has 0 unspecified atom stereocenters. The van der Waals surface area contributed by atoms with E-state index in [-0.39, 0.29) is 0 Å². The number of anilines is 2. The summed E-state index contributed by atoms with van der Waals surface area (Å²) in [5.74, 6) is 2.34. The zero-order valence-corrected chi connectivity index (χ0v) is 12.4. The Labute approximate surface area is 110 Å². The van der Waals surface area contributed by atoms with Gasteiger partial charge >= 0.3 is 0 Å². The SMILES string of the molecule is CNc1ncnc(N(C)CCN(C)C)c1C(C)C. The Bertz CT molecular complexity index is 376. The van der Waals surface area contributed by atoms with Crippen molar-refractivity contribution < 1.29 is 0 Å². The zero-order valence-electron chi connectivity index (χ0n) is 12.4. The van der Waals surface area contributed by atoms with Crippen LogP contribution in [0.5, 0.6) is 0 Å². The highest BCUT2D eigenvalue weighted by Crippen LogP contribution is 2.29. The lowest BCUT2D eigenvalue weighted by Gasteiger charge is -2.25. The normalized spacial score (nSPS) is 11.1. The van der Waals surface area contributed by atoms with Gasteiger partial charge in [0, 0.05) is 32.7 Å². The second kappa shape index (κ2) is 6.54. The molecule has 5 nitrogen and oxygen atoms in total. The van der Waals surface area contributed by atoms with Gasteiger partial charge in [-0.3, -0.25) is 0 Å². The Kier molecular flexibility index (Phi) is 5.34. The molecule has 1 rings (SSSR count). The van der Waals surface area contributed by atoms with E-state index >= 15 is 0 Å². The van der Waals surface area contributed by atoms with Crippen LogP contribution in [0.2, 0.25) is 0 Å². The van der Waals surface area contributed by atoms with Crippen molar-refractivity contribution in [2.24, 2.45) is 0 Å². The van der Waals surface area contributed by atoms with E-state index in [1.54, 1.807) is 6.33 Å². The molecule has 0 aliphatic rings. The summed E-state index contributed by atoms with van der Waals surface area (Å²) in [5, 5.41) is 3.15. The van der Waals surface area contributed by atoms with Gasteiger partial charge in [-0.25, -0.2) is 9.97 Å². The summed E-state index contributed by atoms with van der Waals surface area (Å²) >= 11 is 0. The van der Waals surface area contributed by atoms with Crippen molar-refractivity contribution in [2.75, 3.05) is 51.5 Å². The van der Waals surface area contributed by atoms with Gasteiger partial charge in [0.2, 0.25) is 0 Å². The van der Waals surface area contributed by atoms with E-state index in [1.165, 1.54) is 5.56 Å². The molecule has 5 heteroatoms. The lowest BCUT2D eigenvalue weighted by Crippen LogP contribution is -2.30. The van der Waals surface area contributed by atoms with Crippen molar-refractivity contribution >= 4 is 11.6 Å². The lowest BCUT2D eigenvalue weighted by molar-refractivity contribution is 0.416. The number of aromatic nitrogens is 2. The summed E-state index contributed by atoms with van der Waals surface area (Å²) in [6.07, 6.45) is 1.62. The third-order valence-corrected chi connectivity index (χ3v) is 2.92. The second-order valence-corrected chi connectivity index (χ2v) is 5.09. The maximum absolute atomic E-state index is 4.44. The molecule has 0 amide bonds. The third-order valence-electron chi connectivity index (χ3n) is 2.92. The van der Waals surface area contributed by atoms with E-state index in [2.05, 4.69) is 60.1 Å². The summed E-state index contributed by atoms with van der Waals surface area (Å²) in [7, 11) is 8.14. The highest BCUT2D eigenvalue weighted by molar-refractivity contribution is 5.59. The third kappa shape index (κ3) is 3.57. The first-order chi connectivity index (χ1) is 8.47. The van der Waals surface area contributed by atoms with Gasteiger partial charge in [-0.1, -0.05) is 13.8 Å². The highest BCUT2D eigenvalue weighted by atomic mass is 15.2. The second-order valence-electron chi connectivity index (χ2n) is 5.09. The van der Waals surface area contributed by atoms with Crippen molar-refractivity contribution in [3.05, 3.63) is 11.9 Å². The van der Waals surface area contributed by atoms with Gasteiger partial charge in [0.15, 0.2) is 0 Å². The number of likely N-dealkylation sites (N-methyl/N-ethyl adjacent to an activating group) is 2. The molecule has 0 fully saturated rings. The molecule has 0 atom stereocenters. The largest absolute Gasteiger partial charge is 0.373 e. The Morgan fingerprint density at radius 3 is 2.33 bits per heavy atom. The van der Waals surface area contributed by atoms with Crippen LogP contribution in [-0.2, 0) is 0 Å². The van der Waals surface area contributed by atoms with Gasteiger partial charge in [-0.05, 0) is 20.0 Å². The Morgan fingerprint density at radius 2 is 1.83 bits per heavy atom. The first-order valence-electron chi connectivity index (χ1n) is 6.35. The molecule has 0 bridgehead atoms. The van der Waals surface area contributed by atoms with Crippen molar-refractivity contribution in [1.29, 1.82) is 0 Å². The van der Waals surface area contributed by atoms with Crippen LogP contribution in [0, 0.1) is 0 Å². The van der Waals surface area contributed by atoms with Crippen molar-refractivity contribution in [1.82, 2.24) is 14.9 Å². The molecule has 0 aliphatic heterocycles. The molecular formula is C13H25N5. The number of hydrogen-bond donors (Lipinski definition) is 1. The van der Waals surface area contributed by atoms with Gasteiger partial charge < -0.3 is 15.1 Å². The summed E-state index contributed by atoms with van der Waals surface area (Å²) in [5.41, 5.74) is 1.18. The van der Waals surface area contributed by atoms with Crippen molar-refractivity contribution in [3.8, 4) is 0 Å². The Morgan fingerprint density at radius 1 is 1.17 bits per heavy atom. The van der Waals surface area contributed by atoms with E-state index in [0.29, 0.717) is 5.92 Å². The van der Waals surface area contributed by atoms with Crippen LogP contribution >= 0.6 is 0 Å². The molecule has 1 aromatic heterocycles. The first kappa shape index (κ1) is 14.7. The number of rotatable bonds is 6. The minimum absolute atomic E-state index is 0.394. The van der Waals surface area contributed by atoms with Crippen LogP contribution in [0.15, 0.2) is 6.33 Å². The molecule has 18 heavy (non-hydrogen) atoms. The number of nitrogens with zero attached hydrogens (tertiary/aromatic N) is 4. The fraction of sp³-hybridized carbons (Fsp3) is 0.692.